The van der Waals surface area contributed by atoms with Gasteiger partial charge in [0.05, 0.1) is 11.4 Å². The van der Waals surface area contributed by atoms with Crippen molar-refractivity contribution in [1.29, 1.82) is 0 Å². The fourth-order valence-electron chi connectivity index (χ4n) is 3.31. The number of carbonyl (C=O) groups is 2. The first-order valence-corrected chi connectivity index (χ1v) is 9.86. The Kier molecular flexibility index (Phi) is 5.62. The Morgan fingerprint density at radius 2 is 1.69 bits per heavy atom. The molecule has 0 unspecified atom stereocenters. The third kappa shape index (κ3) is 4.32. The van der Waals surface area contributed by atoms with E-state index in [1.807, 2.05) is 42.5 Å². The van der Waals surface area contributed by atoms with Crippen LogP contribution in [0.5, 0.6) is 0 Å². The number of amides is 1. The first-order valence-electron chi connectivity index (χ1n) is 9.48. The van der Waals surface area contributed by atoms with Crippen molar-refractivity contribution in [3.05, 3.63) is 71.4 Å². The van der Waals surface area contributed by atoms with Gasteiger partial charge in [0.25, 0.3) is 5.91 Å². The van der Waals surface area contributed by atoms with Crippen molar-refractivity contribution in [1.82, 2.24) is 14.7 Å². The summed E-state index contributed by atoms with van der Waals surface area (Å²) in [6, 6.07) is 18.2. The molecule has 1 saturated heterocycles. The number of likely N-dealkylation sites (tertiary alicyclic amines) is 1. The maximum atomic E-state index is 12.8. The van der Waals surface area contributed by atoms with Crippen molar-refractivity contribution in [3.63, 3.8) is 0 Å². The quantitative estimate of drug-likeness (QED) is 0.598. The number of benzene rings is 2. The van der Waals surface area contributed by atoms with Crippen molar-refractivity contribution >= 4 is 23.5 Å². The zero-order valence-electron chi connectivity index (χ0n) is 15.8. The largest absolute Gasteiger partial charge is 0.451 e. The molecular weight excluding hydrogens is 390 g/mol. The van der Waals surface area contributed by atoms with E-state index in [2.05, 4.69) is 5.10 Å². The number of esters is 1. The summed E-state index contributed by atoms with van der Waals surface area (Å²) in [5.41, 5.74) is 2.43. The third-order valence-corrected chi connectivity index (χ3v) is 5.10. The van der Waals surface area contributed by atoms with Gasteiger partial charge in [0.2, 0.25) is 0 Å². The van der Waals surface area contributed by atoms with Gasteiger partial charge in [-0.2, -0.15) is 5.10 Å². The van der Waals surface area contributed by atoms with Crippen LogP contribution >= 0.6 is 11.6 Å². The number of para-hydroxylation sites is 1. The second-order valence-electron chi connectivity index (χ2n) is 6.83. The molecule has 0 spiro atoms. The molecule has 1 aliphatic heterocycles. The fraction of sp³-hybridized carbons (Fsp3) is 0.227. The van der Waals surface area contributed by atoms with Crippen molar-refractivity contribution in [2.75, 3.05) is 19.7 Å². The molecule has 1 amide bonds. The van der Waals surface area contributed by atoms with Crippen LogP contribution in [0.2, 0.25) is 5.02 Å². The van der Waals surface area contributed by atoms with Crippen molar-refractivity contribution in [2.24, 2.45) is 0 Å². The molecule has 1 aliphatic rings. The van der Waals surface area contributed by atoms with Crippen LogP contribution in [0.3, 0.4) is 0 Å². The molecule has 3 aromatic rings. The summed E-state index contributed by atoms with van der Waals surface area (Å²) in [7, 11) is 0. The van der Waals surface area contributed by atoms with Gasteiger partial charge in [-0.3, -0.25) is 4.79 Å². The first-order chi connectivity index (χ1) is 14.1. The molecule has 2 heterocycles. The Morgan fingerprint density at radius 1 is 1.00 bits per heavy atom. The van der Waals surface area contributed by atoms with Crippen LogP contribution in [-0.2, 0) is 9.53 Å². The maximum Gasteiger partial charge on any atom is 0.357 e. The lowest BCUT2D eigenvalue weighted by atomic mass is 10.1. The summed E-state index contributed by atoms with van der Waals surface area (Å²) in [4.78, 5) is 26.7. The minimum atomic E-state index is -0.589. The van der Waals surface area contributed by atoms with Gasteiger partial charge in [0.1, 0.15) is 0 Å². The lowest BCUT2D eigenvalue weighted by Gasteiger charge is -2.15. The highest BCUT2D eigenvalue weighted by Gasteiger charge is 2.23. The number of nitrogens with zero attached hydrogens (tertiary/aromatic N) is 3. The molecule has 1 fully saturated rings. The van der Waals surface area contributed by atoms with E-state index in [1.54, 1.807) is 23.1 Å². The first kappa shape index (κ1) is 19.2. The second-order valence-corrected chi connectivity index (χ2v) is 7.27. The second kappa shape index (κ2) is 8.49. The predicted molar refractivity (Wildman–Crippen MR) is 110 cm³/mol. The van der Waals surface area contributed by atoms with E-state index in [0.717, 1.165) is 37.2 Å². The average Bonchev–Trinajstić information content (AvgIpc) is 3.43. The summed E-state index contributed by atoms with van der Waals surface area (Å²) in [6.45, 7) is 1.17. The molecule has 148 valence electrons. The van der Waals surface area contributed by atoms with E-state index in [9.17, 15) is 9.59 Å². The Morgan fingerprint density at radius 3 is 2.38 bits per heavy atom. The van der Waals surface area contributed by atoms with Gasteiger partial charge >= 0.3 is 5.97 Å². The van der Waals surface area contributed by atoms with Gasteiger partial charge in [0.15, 0.2) is 12.3 Å². The lowest BCUT2D eigenvalue weighted by Crippen LogP contribution is -2.32. The van der Waals surface area contributed by atoms with Gasteiger partial charge in [0, 0.05) is 23.7 Å². The normalized spacial score (nSPS) is 13.5. The average molecular weight is 410 g/mol. The Hall–Kier alpha value is -3.12. The zero-order chi connectivity index (χ0) is 20.2. The molecule has 0 N–H and O–H groups in total. The molecule has 29 heavy (non-hydrogen) atoms. The molecule has 2 aromatic carbocycles. The van der Waals surface area contributed by atoms with Gasteiger partial charge in [-0.25, -0.2) is 9.48 Å². The summed E-state index contributed by atoms with van der Waals surface area (Å²) < 4.78 is 6.86. The minimum absolute atomic E-state index is 0.167. The number of rotatable bonds is 5. The van der Waals surface area contributed by atoms with Crippen LogP contribution in [0.1, 0.15) is 23.3 Å². The molecular formula is C22H20ClN3O3. The molecule has 0 atom stereocenters. The lowest BCUT2D eigenvalue weighted by molar-refractivity contribution is -0.133. The highest BCUT2D eigenvalue weighted by Crippen LogP contribution is 2.24. The monoisotopic (exact) mass is 409 g/mol. The molecule has 1 aromatic heterocycles. The molecule has 4 rings (SSSR count). The Balaban J connectivity index is 1.60. The highest BCUT2D eigenvalue weighted by molar-refractivity contribution is 6.30. The number of ether oxygens (including phenoxy) is 1. The summed E-state index contributed by atoms with van der Waals surface area (Å²) in [5.74, 6) is -0.756. The minimum Gasteiger partial charge on any atom is -0.451 e. The molecule has 0 radical (unpaired) electrons. The number of halogens is 1. The van der Waals surface area contributed by atoms with Crippen LogP contribution in [0.4, 0.5) is 0 Å². The zero-order valence-corrected chi connectivity index (χ0v) is 16.5. The summed E-state index contributed by atoms with van der Waals surface area (Å²) in [5, 5.41) is 5.20. The molecule has 0 saturated carbocycles. The van der Waals surface area contributed by atoms with Gasteiger partial charge in [-0.15, -0.1) is 0 Å². The van der Waals surface area contributed by atoms with Crippen LogP contribution < -0.4 is 0 Å². The maximum absolute atomic E-state index is 12.8. The van der Waals surface area contributed by atoms with E-state index < -0.39 is 5.97 Å². The standard InChI is InChI=1S/C22H20ClN3O3/c23-17-10-8-16(9-11-17)19-14-20(26(24-19)18-6-2-1-3-7-18)22(28)29-15-21(27)25-12-4-5-13-25/h1-3,6-11,14H,4-5,12-13,15H2. The smallest absolute Gasteiger partial charge is 0.357 e. The fourth-order valence-corrected chi connectivity index (χ4v) is 3.44. The number of aromatic nitrogens is 2. The van der Waals surface area contributed by atoms with E-state index in [1.165, 1.54) is 4.68 Å². The molecule has 6 nitrogen and oxygen atoms in total. The molecule has 0 bridgehead atoms. The van der Waals surface area contributed by atoms with Crippen molar-refractivity contribution in [2.45, 2.75) is 12.8 Å². The number of hydrogen-bond acceptors (Lipinski definition) is 4. The van der Waals surface area contributed by atoms with Gasteiger partial charge in [-0.05, 0) is 43.2 Å². The van der Waals surface area contributed by atoms with E-state index in [-0.39, 0.29) is 18.2 Å². The number of carbonyl (C=O) groups excluding carboxylic acids is 2. The Bertz CT molecular complexity index is 1010. The predicted octanol–water partition coefficient (Wildman–Crippen LogP) is 3.97. The van der Waals surface area contributed by atoms with Gasteiger partial charge in [-0.1, -0.05) is 41.9 Å². The van der Waals surface area contributed by atoms with Crippen molar-refractivity contribution < 1.29 is 14.3 Å². The van der Waals surface area contributed by atoms with Gasteiger partial charge < -0.3 is 9.64 Å². The SMILES string of the molecule is O=C(OCC(=O)N1CCCC1)c1cc(-c2ccc(Cl)cc2)nn1-c1ccccc1. The van der Waals surface area contributed by atoms with E-state index in [0.29, 0.717) is 10.7 Å². The van der Waals surface area contributed by atoms with Crippen LogP contribution in [0.25, 0.3) is 16.9 Å². The molecule has 7 heteroatoms. The topological polar surface area (TPSA) is 64.4 Å². The number of hydrogen-bond donors (Lipinski definition) is 0. The van der Waals surface area contributed by atoms with Crippen LogP contribution in [-0.4, -0.2) is 46.3 Å². The Labute approximate surface area is 173 Å². The van der Waals surface area contributed by atoms with E-state index >= 15 is 0 Å². The summed E-state index contributed by atoms with van der Waals surface area (Å²) in [6.07, 6.45) is 1.98. The van der Waals surface area contributed by atoms with Crippen LogP contribution in [0.15, 0.2) is 60.7 Å². The molecule has 0 aliphatic carbocycles. The third-order valence-electron chi connectivity index (χ3n) is 4.84. The van der Waals surface area contributed by atoms with Crippen LogP contribution in [0, 0.1) is 0 Å². The highest BCUT2D eigenvalue weighted by atomic mass is 35.5. The van der Waals surface area contributed by atoms with Crippen molar-refractivity contribution in [3.8, 4) is 16.9 Å². The summed E-state index contributed by atoms with van der Waals surface area (Å²) >= 11 is 5.97. The van der Waals surface area contributed by atoms with E-state index in [4.69, 9.17) is 16.3 Å².